The fourth-order valence-electron chi connectivity index (χ4n) is 18.2. The summed E-state index contributed by atoms with van der Waals surface area (Å²) < 4.78 is 3.34. The van der Waals surface area contributed by atoms with Crippen molar-refractivity contribution in [2.75, 3.05) is 5.73 Å². The van der Waals surface area contributed by atoms with Crippen molar-refractivity contribution in [1.82, 2.24) is 18.8 Å². The summed E-state index contributed by atoms with van der Waals surface area (Å²) in [6.45, 7) is 6.77. The summed E-state index contributed by atoms with van der Waals surface area (Å²) in [4.78, 5) is 53.4. The van der Waals surface area contributed by atoms with E-state index >= 15 is 9.59 Å². The van der Waals surface area contributed by atoms with Crippen molar-refractivity contribution in [3.8, 4) is 23.7 Å². The average Bonchev–Trinajstić information content (AvgIpc) is 0.835. The molecule has 11 heteroatoms. The Morgan fingerprint density at radius 1 is 0.412 bits per heavy atom. The van der Waals surface area contributed by atoms with E-state index in [4.69, 9.17) is 15.7 Å². The van der Waals surface area contributed by atoms with Crippen LogP contribution in [-0.4, -0.2) is 37.1 Å². The first-order valence-corrected chi connectivity index (χ1v) is 38.3. The van der Waals surface area contributed by atoms with Gasteiger partial charge in [-0.3, -0.25) is 19.3 Å². The number of hydrogen-bond acceptors (Lipinski definition) is 7. The number of anilines is 1. The molecule has 13 aromatic carbocycles. The Bertz CT molecular complexity index is 6340. The van der Waals surface area contributed by atoms with Crippen LogP contribution in [0.15, 0.2) is 131 Å². The van der Waals surface area contributed by atoms with E-state index in [2.05, 4.69) is 137 Å². The van der Waals surface area contributed by atoms with Crippen molar-refractivity contribution in [1.29, 1.82) is 0 Å². The number of nitro groups is 1. The number of non-ortho nitro benzene ring substituents is 1. The van der Waals surface area contributed by atoms with E-state index in [9.17, 15) is 10.1 Å². The predicted molar refractivity (Wildman–Crippen MR) is 435 cm³/mol. The molecule has 2 N–H and O–H groups in total. The molecular formula is C91H85BN6O4. The molecule has 0 saturated carbocycles. The third-order valence-corrected chi connectivity index (χ3v) is 23.2. The van der Waals surface area contributed by atoms with Gasteiger partial charge in [0.15, 0.2) is 5.52 Å². The molecule has 0 aliphatic heterocycles. The van der Waals surface area contributed by atoms with Crippen molar-refractivity contribution in [2.24, 2.45) is 11.8 Å². The number of nitrogens with two attached hydrogens (primary N) is 1. The van der Waals surface area contributed by atoms with Gasteiger partial charge in [0.2, 0.25) is 0 Å². The Hall–Kier alpha value is -10.2. The van der Waals surface area contributed by atoms with Crippen molar-refractivity contribution in [3.05, 3.63) is 163 Å². The van der Waals surface area contributed by atoms with Gasteiger partial charge in [-0.2, -0.15) is 0 Å². The zero-order valence-corrected chi connectivity index (χ0v) is 59.1. The van der Waals surface area contributed by atoms with Crippen molar-refractivity contribution < 1.29 is 4.92 Å². The number of aromatic nitrogens is 4. The van der Waals surface area contributed by atoms with Crippen molar-refractivity contribution in [2.45, 2.75) is 181 Å². The van der Waals surface area contributed by atoms with Crippen LogP contribution in [0.25, 0.3) is 163 Å². The van der Waals surface area contributed by atoms with E-state index < -0.39 is 0 Å². The molecule has 0 aliphatic carbocycles. The number of hydrogen-bond donors (Lipinski definition) is 1. The van der Waals surface area contributed by atoms with Gasteiger partial charge in [-0.1, -0.05) is 176 Å². The molecule has 102 heavy (non-hydrogen) atoms. The van der Waals surface area contributed by atoms with Gasteiger partial charge in [0.25, 0.3) is 11.2 Å². The van der Waals surface area contributed by atoms with Gasteiger partial charge < -0.3 is 0 Å². The van der Waals surface area contributed by atoms with Crippen LogP contribution in [0, 0.1) is 45.6 Å². The Morgan fingerprint density at radius 2 is 0.716 bits per heavy atom. The van der Waals surface area contributed by atoms with E-state index in [0.29, 0.717) is 49.9 Å². The Labute approximate surface area is 593 Å². The molecule has 0 aliphatic rings. The third kappa shape index (κ3) is 10.6. The summed E-state index contributed by atoms with van der Waals surface area (Å²) in [5.41, 5.74) is 10.9. The summed E-state index contributed by atoms with van der Waals surface area (Å²) in [6.07, 6.45) is 30.4. The minimum absolute atomic E-state index is 0.0654. The first kappa shape index (κ1) is 65.1. The van der Waals surface area contributed by atoms with Gasteiger partial charge in [-0.05, 0) is 123 Å². The number of nitrogens with zero attached hydrogens (tertiary/aromatic N) is 5. The standard InChI is InChI=1S/C91H85BN6O4/c1-4-7-10-13-16-18-21-24-27-54(26-23-20-15-12-9-6-3)29-31-57-51-76-87(77(52-57)98(101)102)95-89-71-46-42-67-63-38-34-59-60-35-39-64-68-43-47-72-84-70(88-94-86-74(93)49-56(50-75(86)96(88)90(72)99)32-30-55(53-92)28-25-22-19-17-14-11-8-5-2)45-41-66(82(68)84)62-37-33-58(78(60)80(62)64)61-36-40-65(81(63)79(59)61)69-44-48-73(85(71)83(67)69)91(100)97(76)89/h33-55,92H,4-28,93H2,1-3H3. The second-order valence-corrected chi connectivity index (χ2v) is 29.7. The summed E-state index contributed by atoms with van der Waals surface area (Å²) in [5.74, 6) is 16.1. The quantitative estimate of drug-likeness (QED) is 0.00791. The first-order valence-electron chi connectivity index (χ1n) is 38.3. The maximum atomic E-state index is 15.3. The van der Waals surface area contributed by atoms with Crippen LogP contribution in [0.5, 0.6) is 0 Å². The molecule has 2 atom stereocenters. The number of nitrogen functional groups attached to an aromatic ring is 1. The molecule has 0 fully saturated rings. The Morgan fingerprint density at radius 3 is 1.09 bits per heavy atom. The number of benzene rings is 13. The zero-order valence-electron chi connectivity index (χ0n) is 59.1. The van der Waals surface area contributed by atoms with Gasteiger partial charge in [0.05, 0.1) is 10.4 Å². The number of unbranched alkanes of at least 4 members (excludes halogenated alkanes) is 19. The summed E-state index contributed by atoms with van der Waals surface area (Å²) in [6, 6.07) is 42.3. The molecule has 4 aromatic heterocycles. The molecule has 0 radical (unpaired) electrons. The van der Waals surface area contributed by atoms with E-state index in [1.807, 2.05) is 36.3 Å². The predicted octanol–water partition coefficient (Wildman–Crippen LogP) is 23.0. The summed E-state index contributed by atoms with van der Waals surface area (Å²) >= 11 is 0. The molecule has 0 spiro atoms. The maximum absolute atomic E-state index is 15.3. The van der Waals surface area contributed by atoms with Crippen LogP contribution in [-0.2, 0) is 0 Å². The van der Waals surface area contributed by atoms with Crippen LogP contribution < -0.4 is 16.9 Å². The van der Waals surface area contributed by atoms with Crippen LogP contribution in [0.3, 0.4) is 0 Å². The second-order valence-electron chi connectivity index (χ2n) is 29.7. The molecule has 4 heterocycles. The summed E-state index contributed by atoms with van der Waals surface area (Å²) in [5, 5.41) is 37.8. The molecular weight excluding hydrogens is 1250 g/mol. The molecule has 17 aromatic rings. The molecule has 506 valence electrons. The minimum atomic E-state index is -0.374. The fourth-order valence-corrected chi connectivity index (χ4v) is 18.2. The average molecular weight is 1340 g/mol. The second kappa shape index (κ2) is 26.9. The topological polar surface area (TPSA) is 138 Å². The van der Waals surface area contributed by atoms with E-state index in [1.54, 1.807) is 14.9 Å². The van der Waals surface area contributed by atoms with Crippen LogP contribution in [0.2, 0.25) is 0 Å². The van der Waals surface area contributed by atoms with E-state index in [0.717, 1.165) is 130 Å². The Kier molecular flexibility index (Phi) is 17.2. The molecule has 17 rings (SSSR count). The number of pyridine rings is 2. The monoisotopic (exact) mass is 1340 g/mol. The first-order chi connectivity index (χ1) is 50.1. The van der Waals surface area contributed by atoms with Crippen LogP contribution in [0.1, 0.15) is 192 Å². The normalized spacial score (nSPS) is 13.0. The third-order valence-electron chi connectivity index (χ3n) is 23.2. The number of nitro benzene ring substituents is 1. The van der Waals surface area contributed by atoms with Gasteiger partial charge in [0, 0.05) is 33.7 Å². The Balaban J connectivity index is 0.744. The van der Waals surface area contributed by atoms with Gasteiger partial charge in [-0.15, -0.1) is 0 Å². The van der Waals surface area contributed by atoms with Crippen LogP contribution in [0.4, 0.5) is 11.4 Å². The van der Waals surface area contributed by atoms with E-state index in [1.165, 1.54) is 154 Å². The molecule has 10 nitrogen and oxygen atoms in total. The molecule has 0 amide bonds. The van der Waals surface area contributed by atoms with Gasteiger partial charge >= 0.3 is 207 Å². The number of fused-ring (bicyclic) bond motifs is 14. The van der Waals surface area contributed by atoms with Gasteiger partial charge in [-0.25, -0.2) is 4.98 Å². The zero-order chi connectivity index (χ0) is 69.4. The van der Waals surface area contributed by atoms with Crippen LogP contribution >= 0.6 is 0 Å². The number of rotatable bonds is 27. The fraction of sp³-hybridized carbons (Fsp3) is 0.330. The molecule has 2 unspecified atom stereocenters. The van der Waals surface area contributed by atoms with Crippen molar-refractivity contribution >= 4 is 187 Å². The molecule has 0 bridgehead atoms. The number of imidazole rings is 2. The molecule has 0 saturated heterocycles. The van der Waals surface area contributed by atoms with Crippen molar-refractivity contribution in [3.63, 3.8) is 0 Å². The van der Waals surface area contributed by atoms with E-state index in [-0.39, 0.29) is 39.1 Å². The summed E-state index contributed by atoms with van der Waals surface area (Å²) in [7, 11) is 4.12. The SMILES string of the molecule is B=CC(C#Cc1cc(N)c2nc3c4ccc5c6ccc7c8ccc9c%10ccc%11c(=O)n%12c%13cc(C#CC(CCCCCCCC)CCCCCCCCCC)cc([N+](=O)[O-])c%13nc%12c%12ccc(c%13ccc(c%14ccc(c%15ccc(c(=O)n3c2c1)c4c5%15)c6c7%14)c8c9%13)c%10c%11%12)CCCCCCCCCC. The van der Waals surface area contributed by atoms with Gasteiger partial charge in [0.1, 0.15) is 5.65 Å².